The fourth-order valence-corrected chi connectivity index (χ4v) is 4.00. The highest BCUT2D eigenvalue weighted by Crippen LogP contribution is 2.29. The van der Waals surface area contributed by atoms with Crippen molar-refractivity contribution in [2.75, 3.05) is 6.26 Å². The zero-order chi connectivity index (χ0) is 14.5. The molecular formula is C15H23NO3S. The van der Waals surface area contributed by atoms with Gasteiger partial charge in [0.15, 0.2) is 0 Å². The van der Waals surface area contributed by atoms with Gasteiger partial charge in [0, 0.05) is 11.3 Å². The number of thioether (sulfide) groups is 1. The molecule has 0 saturated heterocycles. The largest absolute Gasteiger partial charge is 0.481 e. The lowest BCUT2D eigenvalue weighted by Gasteiger charge is -2.31. The molecule has 2 unspecified atom stereocenters. The van der Waals surface area contributed by atoms with Gasteiger partial charge in [0.1, 0.15) is 0 Å². The normalized spacial score (nSPS) is 33.6. The lowest BCUT2D eigenvalue weighted by molar-refractivity contribution is -0.147. The van der Waals surface area contributed by atoms with Crippen LogP contribution in [0.4, 0.5) is 0 Å². The smallest absolute Gasteiger partial charge is 0.307 e. The van der Waals surface area contributed by atoms with Crippen LogP contribution in [0.2, 0.25) is 0 Å². The standard InChI is InChI=1S/C15H23NO3S/c1-20-11-6-4-5-10(9-11)16-14(17)12-7-2-3-8-13(12)15(18)19/h2-3,10-13H,4-9H2,1H3,(H,16,17)(H,18,19)/t10?,11?,12-,13+/m1/s1. The molecule has 2 aliphatic carbocycles. The van der Waals surface area contributed by atoms with Crippen molar-refractivity contribution in [2.45, 2.75) is 49.8 Å². The monoisotopic (exact) mass is 297 g/mol. The molecule has 0 aromatic heterocycles. The van der Waals surface area contributed by atoms with Gasteiger partial charge < -0.3 is 10.4 Å². The summed E-state index contributed by atoms with van der Waals surface area (Å²) in [6.07, 6.45) is 11.3. The maximum Gasteiger partial charge on any atom is 0.307 e. The number of allylic oxidation sites excluding steroid dienone is 2. The number of carbonyl (C=O) groups is 2. The molecule has 2 N–H and O–H groups in total. The Hall–Kier alpha value is -0.970. The van der Waals surface area contributed by atoms with Crippen molar-refractivity contribution in [2.24, 2.45) is 11.8 Å². The summed E-state index contributed by atoms with van der Waals surface area (Å²) >= 11 is 1.86. The van der Waals surface area contributed by atoms with Crippen molar-refractivity contribution < 1.29 is 14.7 Å². The second-order valence-corrected chi connectivity index (χ2v) is 6.86. The third-order valence-corrected chi connectivity index (χ3v) is 5.49. The fraction of sp³-hybridized carbons (Fsp3) is 0.733. The molecule has 0 bridgehead atoms. The third kappa shape index (κ3) is 3.78. The second kappa shape index (κ2) is 7.16. The number of carboxylic acid groups (broad SMARTS) is 1. The van der Waals surface area contributed by atoms with E-state index in [9.17, 15) is 14.7 Å². The predicted molar refractivity (Wildman–Crippen MR) is 80.7 cm³/mol. The summed E-state index contributed by atoms with van der Waals surface area (Å²) in [7, 11) is 0. The first-order chi connectivity index (χ1) is 9.61. The first kappa shape index (κ1) is 15.4. The van der Waals surface area contributed by atoms with Crippen molar-refractivity contribution in [3.05, 3.63) is 12.2 Å². The van der Waals surface area contributed by atoms with E-state index in [-0.39, 0.29) is 11.9 Å². The zero-order valence-corrected chi connectivity index (χ0v) is 12.7. The minimum Gasteiger partial charge on any atom is -0.481 e. The van der Waals surface area contributed by atoms with E-state index in [0.29, 0.717) is 18.1 Å². The maximum atomic E-state index is 12.4. The first-order valence-electron chi connectivity index (χ1n) is 7.32. The number of hydrogen-bond donors (Lipinski definition) is 2. The quantitative estimate of drug-likeness (QED) is 0.782. The van der Waals surface area contributed by atoms with Gasteiger partial charge in [-0.3, -0.25) is 9.59 Å². The Morgan fingerprint density at radius 2 is 1.90 bits per heavy atom. The Labute approximate surface area is 124 Å². The zero-order valence-electron chi connectivity index (χ0n) is 11.9. The SMILES string of the molecule is CSC1CCCC(NC(=O)[C@@H]2CC=CC[C@@H]2C(=O)O)C1. The van der Waals surface area contributed by atoms with Gasteiger partial charge in [0.25, 0.3) is 0 Å². The summed E-state index contributed by atoms with van der Waals surface area (Å²) in [4.78, 5) is 23.6. The van der Waals surface area contributed by atoms with Gasteiger partial charge in [-0.2, -0.15) is 11.8 Å². The Morgan fingerprint density at radius 3 is 2.55 bits per heavy atom. The van der Waals surface area contributed by atoms with Crippen LogP contribution >= 0.6 is 11.8 Å². The fourth-order valence-electron chi connectivity index (χ4n) is 3.18. The summed E-state index contributed by atoms with van der Waals surface area (Å²) in [5.74, 6) is -1.92. The van der Waals surface area contributed by atoms with Gasteiger partial charge >= 0.3 is 5.97 Å². The van der Waals surface area contributed by atoms with Crippen LogP contribution in [-0.4, -0.2) is 34.5 Å². The van der Waals surface area contributed by atoms with Gasteiger partial charge in [-0.15, -0.1) is 0 Å². The van der Waals surface area contributed by atoms with Crippen molar-refractivity contribution >= 4 is 23.6 Å². The molecule has 2 aliphatic rings. The van der Waals surface area contributed by atoms with Crippen molar-refractivity contribution in [1.82, 2.24) is 5.32 Å². The molecule has 5 heteroatoms. The van der Waals surface area contributed by atoms with Crippen LogP contribution in [0.25, 0.3) is 0 Å². The molecule has 1 fully saturated rings. The highest BCUT2D eigenvalue weighted by molar-refractivity contribution is 7.99. The highest BCUT2D eigenvalue weighted by Gasteiger charge is 2.35. The van der Waals surface area contributed by atoms with Gasteiger partial charge in [-0.25, -0.2) is 0 Å². The van der Waals surface area contributed by atoms with Crippen molar-refractivity contribution in [3.63, 3.8) is 0 Å². The average Bonchev–Trinajstić information content (AvgIpc) is 2.47. The summed E-state index contributed by atoms with van der Waals surface area (Å²) in [5, 5.41) is 12.9. The molecular weight excluding hydrogens is 274 g/mol. The Kier molecular flexibility index (Phi) is 5.52. The number of amides is 1. The van der Waals surface area contributed by atoms with E-state index < -0.39 is 17.8 Å². The van der Waals surface area contributed by atoms with E-state index in [1.165, 1.54) is 6.42 Å². The molecule has 0 aliphatic heterocycles. The molecule has 1 saturated carbocycles. The van der Waals surface area contributed by atoms with Crippen LogP contribution in [0.15, 0.2) is 12.2 Å². The van der Waals surface area contributed by atoms with E-state index >= 15 is 0 Å². The molecule has 0 heterocycles. The molecule has 0 radical (unpaired) electrons. The number of nitrogens with one attached hydrogen (secondary N) is 1. The van der Waals surface area contributed by atoms with Gasteiger partial charge in [-0.1, -0.05) is 18.6 Å². The third-order valence-electron chi connectivity index (χ3n) is 4.39. The van der Waals surface area contributed by atoms with E-state index in [1.807, 2.05) is 23.9 Å². The lowest BCUT2D eigenvalue weighted by Crippen LogP contribution is -2.45. The van der Waals surface area contributed by atoms with E-state index in [0.717, 1.165) is 19.3 Å². The molecule has 4 nitrogen and oxygen atoms in total. The molecule has 0 aromatic rings. The minimum atomic E-state index is -0.861. The first-order valence-corrected chi connectivity index (χ1v) is 8.61. The van der Waals surface area contributed by atoms with Crippen LogP contribution in [-0.2, 0) is 9.59 Å². The van der Waals surface area contributed by atoms with E-state index in [4.69, 9.17) is 0 Å². The summed E-state index contributed by atoms with van der Waals surface area (Å²) < 4.78 is 0. The van der Waals surface area contributed by atoms with Crippen LogP contribution in [0, 0.1) is 11.8 Å². The van der Waals surface area contributed by atoms with Crippen LogP contribution in [0.3, 0.4) is 0 Å². The number of hydrogen-bond acceptors (Lipinski definition) is 3. The lowest BCUT2D eigenvalue weighted by atomic mass is 9.82. The number of aliphatic carboxylic acids is 1. The molecule has 2 rings (SSSR count). The summed E-state index contributed by atoms with van der Waals surface area (Å²) in [5.41, 5.74) is 0. The Morgan fingerprint density at radius 1 is 1.20 bits per heavy atom. The van der Waals surface area contributed by atoms with Crippen molar-refractivity contribution in [3.8, 4) is 0 Å². The second-order valence-electron chi connectivity index (χ2n) is 5.72. The summed E-state index contributed by atoms with van der Waals surface area (Å²) in [6.45, 7) is 0. The minimum absolute atomic E-state index is 0.0755. The highest BCUT2D eigenvalue weighted by atomic mass is 32.2. The van der Waals surface area contributed by atoms with Gasteiger partial charge in [0.2, 0.25) is 5.91 Å². The Bertz CT molecular complexity index is 397. The van der Waals surface area contributed by atoms with Gasteiger partial charge in [-0.05, 0) is 38.4 Å². The number of rotatable bonds is 4. The van der Waals surface area contributed by atoms with Crippen LogP contribution in [0.1, 0.15) is 38.5 Å². The molecule has 1 amide bonds. The van der Waals surface area contributed by atoms with Crippen molar-refractivity contribution in [1.29, 1.82) is 0 Å². The van der Waals surface area contributed by atoms with E-state index in [1.54, 1.807) is 0 Å². The van der Waals surface area contributed by atoms with Gasteiger partial charge in [0.05, 0.1) is 11.8 Å². The topological polar surface area (TPSA) is 66.4 Å². The van der Waals surface area contributed by atoms with E-state index in [2.05, 4.69) is 11.6 Å². The molecule has 112 valence electrons. The predicted octanol–water partition coefficient (Wildman–Crippen LogP) is 2.44. The average molecular weight is 297 g/mol. The number of carboxylic acids is 1. The summed E-state index contributed by atoms with van der Waals surface area (Å²) in [6, 6.07) is 0.217. The maximum absolute atomic E-state index is 12.4. The van der Waals surface area contributed by atoms with Crippen LogP contribution < -0.4 is 5.32 Å². The van der Waals surface area contributed by atoms with Crippen LogP contribution in [0.5, 0.6) is 0 Å². The number of carbonyl (C=O) groups excluding carboxylic acids is 1. The Balaban J connectivity index is 1.93. The molecule has 4 atom stereocenters. The molecule has 0 aromatic carbocycles. The molecule has 0 spiro atoms. The molecule has 20 heavy (non-hydrogen) atoms.